The summed E-state index contributed by atoms with van der Waals surface area (Å²) in [5.74, 6) is 0.216. The van der Waals surface area contributed by atoms with Crippen molar-refractivity contribution in [3.63, 3.8) is 0 Å². The summed E-state index contributed by atoms with van der Waals surface area (Å²) >= 11 is 0. The van der Waals surface area contributed by atoms with E-state index in [-0.39, 0.29) is 11.7 Å². The van der Waals surface area contributed by atoms with Crippen LogP contribution in [0.4, 0.5) is 21.6 Å². The molecule has 0 bridgehead atoms. The molecule has 10 heteroatoms. The summed E-state index contributed by atoms with van der Waals surface area (Å²) in [6, 6.07) is 11.4. The summed E-state index contributed by atoms with van der Waals surface area (Å²) in [6.07, 6.45) is 7.57. The Kier molecular flexibility index (Phi) is 6.13. The first-order valence-corrected chi connectivity index (χ1v) is 13.5. The van der Waals surface area contributed by atoms with Gasteiger partial charge in [0.15, 0.2) is 0 Å². The van der Waals surface area contributed by atoms with Gasteiger partial charge in [0.25, 0.3) is 5.91 Å². The number of aromatic nitrogens is 3. The highest BCUT2D eigenvalue weighted by Crippen LogP contribution is 2.35. The Labute approximate surface area is 225 Å². The average Bonchev–Trinajstić information content (AvgIpc) is 3.58. The molecule has 6 heterocycles. The Morgan fingerprint density at radius 2 is 1.85 bits per heavy atom. The highest BCUT2D eigenvalue weighted by Gasteiger charge is 2.28. The standard InChI is InChI=1S/C29H30FN7O2/c30-19-5-10-37-25(18-32-27(37)15-19)22-2-3-24(28-23(22)17-33-29(28)38)34-26-4-1-21(16-31-26)35-8-6-20(7-9-35)36-11-13-39-14-12-36/h1-5,10,15-16,18,20H,6-9,11-14,17H2,(H,31,34)(H,33,38). The lowest BCUT2D eigenvalue weighted by Gasteiger charge is -2.40. The minimum Gasteiger partial charge on any atom is -0.379 e. The topological polar surface area (TPSA) is 87.0 Å². The molecule has 39 heavy (non-hydrogen) atoms. The molecule has 3 aliphatic rings. The monoisotopic (exact) mass is 527 g/mol. The number of pyridine rings is 2. The van der Waals surface area contributed by atoms with E-state index in [4.69, 9.17) is 4.74 Å². The lowest BCUT2D eigenvalue weighted by Crippen LogP contribution is -2.49. The number of ether oxygens (including phenoxy) is 1. The fourth-order valence-electron chi connectivity index (χ4n) is 6.06. The van der Waals surface area contributed by atoms with E-state index in [1.165, 1.54) is 12.1 Å². The number of fused-ring (bicyclic) bond motifs is 2. The molecule has 200 valence electrons. The van der Waals surface area contributed by atoms with Gasteiger partial charge in [-0.05, 0) is 42.7 Å². The van der Waals surface area contributed by atoms with Crippen molar-refractivity contribution in [2.75, 3.05) is 49.6 Å². The zero-order valence-corrected chi connectivity index (χ0v) is 21.6. The lowest BCUT2D eigenvalue weighted by molar-refractivity contribution is 0.0115. The fraction of sp³-hybridized carbons (Fsp3) is 0.345. The van der Waals surface area contributed by atoms with Crippen molar-refractivity contribution in [2.24, 2.45) is 0 Å². The third kappa shape index (κ3) is 4.49. The number of amides is 1. The van der Waals surface area contributed by atoms with E-state index in [2.05, 4.69) is 36.5 Å². The predicted octanol–water partition coefficient (Wildman–Crippen LogP) is 3.82. The molecule has 0 aliphatic carbocycles. The molecule has 1 amide bonds. The zero-order chi connectivity index (χ0) is 26.3. The van der Waals surface area contributed by atoms with Gasteiger partial charge >= 0.3 is 0 Å². The summed E-state index contributed by atoms with van der Waals surface area (Å²) < 4.78 is 21.0. The smallest absolute Gasteiger partial charge is 0.254 e. The molecule has 0 spiro atoms. The highest BCUT2D eigenvalue weighted by molar-refractivity contribution is 6.06. The van der Waals surface area contributed by atoms with Crippen molar-refractivity contribution in [1.29, 1.82) is 0 Å². The molecule has 1 aromatic carbocycles. The van der Waals surface area contributed by atoms with Crippen molar-refractivity contribution in [2.45, 2.75) is 25.4 Å². The lowest BCUT2D eigenvalue weighted by atomic mass is 9.99. The first kappa shape index (κ1) is 24.1. The Balaban J connectivity index is 1.08. The van der Waals surface area contributed by atoms with E-state index in [9.17, 15) is 9.18 Å². The Morgan fingerprint density at radius 1 is 1.00 bits per heavy atom. The molecule has 0 unspecified atom stereocenters. The summed E-state index contributed by atoms with van der Waals surface area (Å²) in [5, 5.41) is 6.29. The number of benzene rings is 1. The number of rotatable bonds is 5. The Morgan fingerprint density at radius 3 is 2.64 bits per heavy atom. The molecule has 0 atom stereocenters. The predicted molar refractivity (Wildman–Crippen MR) is 147 cm³/mol. The quantitative estimate of drug-likeness (QED) is 0.408. The van der Waals surface area contributed by atoms with Crippen molar-refractivity contribution >= 4 is 28.7 Å². The molecule has 7 rings (SSSR count). The van der Waals surface area contributed by atoms with Crippen LogP contribution in [0.3, 0.4) is 0 Å². The van der Waals surface area contributed by atoms with Crippen LogP contribution in [0, 0.1) is 5.82 Å². The van der Waals surface area contributed by atoms with Crippen molar-refractivity contribution in [3.8, 4) is 11.3 Å². The third-order valence-electron chi connectivity index (χ3n) is 8.12. The first-order valence-electron chi connectivity index (χ1n) is 13.5. The number of nitrogens with zero attached hydrogens (tertiary/aromatic N) is 5. The second kappa shape index (κ2) is 9.94. The SMILES string of the molecule is O=C1NCc2c(-c3cnc4cc(F)ccn34)ccc(Nc3ccc(N4CCC(N5CCOCC5)CC4)cn3)c21. The fourth-order valence-corrected chi connectivity index (χ4v) is 6.06. The molecular formula is C29H30FN7O2. The zero-order valence-electron chi connectivity index (χ0n) is 21.6. The number of carbonyl (C=O) groups excluding carboxylic acids is 1. The number of imidazole rings is 1. The molecule has 3 aliphatic heterocycles. The molecule has 9 nitrogen and oxygen atoms in total. The number of piperidine rings is 1. The van der Waals surface area contributed by atoms with E-state index >= 15 is 0 Å². The number of anilines is 3. The number of halogens is 1. The van der Waals surface area contributed by atoms with Gasteiger partial charge in [0, 0.05) is 56.6 Å². The summed E-state index contributed by atoms with van der Waals surface area (Å²) in [6.45, 7) is 6.20. The van der Waals surface area contributed by atoms with E-state index in [0.717, 1.165) is 74.7 Å². The molecule has 4 aromatic rings. The molecule has 0 radical (unpaired) electrons. The summed E-state index contributed by atoms with van der Waals surface area (Å²) in [7, 11) is 0. The molecule has 2 saturated heterocycles. The van der Waals surface area contributed by atoms with Crippen LogP contribution < -0.4 is 15.5 Å². The minimum absolute atomic E-state index is 0.131. The van der Waals surface area contributed by atoms with Crippen LogP contribution in [0.1, 0.15) is 28.8 Å². The van der Waals surface area contributed by atoms with E-state index in [1.54, 1.807) is 12.4 Å². The van der Waals surface area contributed by atoms with Crippen molar-refractivity contribution < 1.29 is 13.9 Å². The van der Waals surface area contributed by atoms with Crippen LogP contribution in [0.25, 0.3) is 16.9 Å². The Hall–Kier alpha value is -4.02. The van der Waals surface area contributed by atoms with Gasteiger partial charge in [0.2, 0.25) is 0 Å². The molecule has 3 aromatic heterocycles. The van der Waals surface area contributed by atoms with Crippen LogP contribution in [0.15, 0.2) is 55.0 Å². The number of hydrogen-bond acceptors (Lipinski definition) is 7. The van der Waals surface area contributed by atoms with Gasteiger partial charge in [0.1, 0.15) is 17.3 Å². The van der Waals surface area contributed by atoms with Gasteiger partial charge in [0.05, 0.1) is 48.2 Å². The van der Waals surface area contributed by atoms with Gasteiger partial charge in [-0.2, -0.15) is 0 Å². The maximum Gasteiger partial charge on any atom is 0.254 e. The van der Waals surface area contributed by atoms with Crippen LogP contribution >= 0.6 is 0 Å². The Bertz CT molecular complexity index is 1520. The van der Waals surface area contributed by atoms with Gasteiger partial charge < -0.3 is 20.3 Å². The number of hydrogen-bond donors (Lipinski definition) is 2. The maximum atomic E-state index is 13.7. The van der Waals surface area contributed by atoms with Gasteiger partial charge in [-0.1, -0.05) is 6.07 Å². The van der Waals surface area contributed by atoms with E-state index in [0.29, 0.717) is 35.3 Å². The molecule has 0 saturated carbocycles. The maximum absolute atomic E-state index is 13.7. The molecule has 2 fully saturated rings. The number of nitrogens with one attached hydrogen (secondary N) is 2. The molecular weight excluding hydrogens is 497 g/mol. The van der Waals surface area contributed by atoms with Crippen LogP contribution in [-0.4, -0.2) is 70.6 Å². The molecule has 2 N–H and O–H groups in total. The second-order valence-corrected chi connectivity index (χ2v) is 10.3. The number of carbonyl (C=O) groups is 1. The van der Waals surface area contributed by atoms with E-state index in [1.807, 2.05) is 28.8 Å². The van der Waals surface area contributed by atoms with Crippen molar-refractivity contribution in [1.82, 2.24) is 24.6 Å². The third-order valence-corrected chi connectivity index (χ3v) is 8.12. The first-order chi connectivity index (χ1) is 19.1. The van der Waals surface area contributed by atoms with Crippen LogP contribution in [0.2, 0.25) is 0 Å². The summed E-state index contributed by atoms with van der Waals surface area (Å²) in [4.78, 5) is 26.8. The van der Waals surface area contributed by atoms with Gasteiger partial charge in [-0.15, -0.1) is 0 Å². The van der Waals surface area contributed by atoms with E-state index < -0.39 is 0 Å². The van der Waals surface area contributed by atoms with Crippen molar-refractivity contribution in [3.05, 3.63) is 71.9 Å². The van der Waals surface area contributed by atoms with Crippen LogP contribution in [0.5, 0.6) is 0 Å². The van der Waals surface area contributed by atoms with Gasteiger partial charge in [-0.25, -0.2) is 14.4 Å². The summed E-state index contributed by atoms with van der Waals surface area (Å²) in [5.41, 5.74) is 5.52. The largest absolute Gasteiger partial charge is 0.379 e. The highest BCUT2D eigenvalue weighted by atomic mass is 19.1. The number of morpholine rings is 1. The minimum atomic E-state index is -0.336. The normalized spacial score (nSPS) is 18.4. The average molecular weight is 528 g/mol. The second-order valence-electron chi connectivity index (χ2n) is 10.3. The van der Waals surface area contributed by atoms with Crippen LogP contribution in [-0.2, 0) is 11.3 Å². The van der Waals surface area contributed by atoms with Gasteiger partial charge in [-0.3, -0.25) is 14.1 Å².